The van der Waals surface area contributed by atoms with Gasteiger partial charge in [-0.2, -0.15) is 5.10 Å². The average Bonchev–Trinajstić information content (AvgIpc) is 3.32. The zero-order valence-corrected chi connectivity index (χ0v) is 15.5. The Balaban J connectivity index is 1.52. The standard InChI is InChI=1S/C20H21F2N5O/c1-13-10-17(18(21)22)27-19(24-13)16(11-23-27)20(28)25-15-6-4-14(5-7-15)12-26-8-2-3-9-26/h4-7,10-11,18H,2-3,8-9,12H2,1H3,(H,25,28). The van der Waals surface area contributed by atoms with Crippen LogP contribution in [0, 0.1) is 6.92 Å². The van der Waals surface area contributed by atoms with Crippen molar-refractivity contribution >= 4 is 17.2 Å². The highest BCUT2D eigenvalue weighted by Crippen LogP contribution is 2.22. The lowest BCUT2D eigenvalue weighted by Crippen LogP contribution is -2.18. The summed E-state index contributed by atoms with van der Waals surface area (Å²) in [6.45, 7) is 4.77. The number of nitrogens with zero attached hydrogens (tertiary/aromatic N) is 4. The molecule has 0 radical (unpaired) electrons. The summed E-state index contributed by atoms with van der Waals surface area (Å²) in [5.41, 5.74) is 2.23. The van der Waals surface area contributed by atoms with Gasteiger partial charge in [-0.15, -0.1) is 0 Å². The normalized spacial score (nSPS) is 14.9. The first-order valence-corrected chi connectivity index (χ1v) is 9.27. The summed E-state index contributed by atoms with van der Waals surface area (Å²) in [5.74, 6) is -0.430. The summed E-state index contributed by atoms with van der Waals surface area (Å²) >= 11 is 0. The average molecular weight is 385 g/mol. The Bertz CT molecular complexity index is 994. The first-order chi connectivity index (χ1) is 13.5. The number of anilines is 1. The number of fused-ring (bicyclic) bond motifs is 1. The Hall–Kier alpha value is -2.87. The van der Waals surface area contributed by atoms with Crippen LogP contribution in [0.4, 0.5) is 14.5 Å². The molecule has 6 nitrogen and oxygen atoms in total. The van der Waals surface area contributed by atoms with Gasteiger partial charge in [-0.3, -0.25) is 9.69 Å². The highest BCUT2D eigenvalue weighted by molar-refractivity contribution is 6.08. The van der Waals surface area contributed by atoms with Gasteiger partial charge in [0.2, 0.25) is 0 Å². The molecule has 3 heterocycles. The molecule has 3 aromatic rings. The van der Waals surface area contributed by atoms with Crippen LogP contribution in [0.25, 0.3) is 5.65 Å². The number of hydrogen-bond donors (Lipinski definition) is 1. The van der Waals surface area contributed by atoms with E-state index in [1.165, 1.54) is 30.7 Å². The molecule has 1 fully saturated rings. The van der Waals surface area contributed by atoms with E-state index in [-0.39, 0.29) is 16.9 Å². The fourth-order valence-electron chi connectivity index (χ4n) is 3.52. The second-order valence-electron chi connectivity index (χ2n) is 7.05. The van der Waals surface area contributed by atoms with Gasteiger partial charge < -0.3 is 5.32 Å². The molecule has 0 unspecified atom stereocenters. The van der Waals surface area contributed by atoms with Crippen molar-refractivity contribution in [2.75, 3.05) is 18.4 Å². The van der Waals surface area contributed by atoms with Crippen molar-refractivity contribution in [3.63, 3.8) is 0 Å². The number of halogens is 2. The van der Waals surface area contributed by atoms with Gasteiger partial charge >= 0.3 is 0 Å². The molecule has 28 heavy (non-hydrogen) atoms. The largest absolute Gasteiger partial charge is 0.322 e. The molecule has 8 heteroatoms. The minimum absolute atomic E-state index is 0.124. The summed E-state index contributed by atoms with van der Waals surface area (Å²) in [5, 5.41) is 6.72. The van der Waals surface area contributed by atoms with Crippen molar-refractivity contribution in [3.8, 4) is 0 Å². The van der Waals surface area contributed by atoms with E-state index >= 15 is 0 Å². The maximum absolute atomic E-state index is 13.2. The van der Waals surface area contributed by atoms with Gasteiger partial charge in [-0.25, -0.2) is 18.3 Å². The summed E-state index contributed by atoms with van der Waals surface area (Å²) in [7, 11) is 0. The predicted octanol–water partition coefficient (Wildman–Crippen LogP) is 3.82. The summed E-state index contributed by atoms with van der Waals surface area (Å²) < 4.78 is 27.5. The van der Waals surface area contributed by atoms with Crippen LogP contribution >= 0.6 is 0 Å². The molecule has 2 aromatic heterocycles. The van der Waals surface area contributed by atoms with Gasteiger partial charge in [0.15, 0.2) is 5.65 Å². The second-order valence-corrected chi connectivity index (χ2v) is 7.05. The molecular weight excluding hydrogens is 364 g/mol. The Morgan fingerprint density at radius 2 is 1.93 bits per heavy atom. The van der Waals surface area contributed by atoms with E-state index in [0.29, 0.717) is 11.4 Å². The molecule has 0 bridgehead atoms. The van der Waals surface area contributed by atoms with Gasteiger partial charge in [-0.05, 0) is 56.6 Å². The van der Waals surface area contributed by atoms with Crippen molar-refractivity contribution in [1.82, 2.24) is 19.5 Å². The van der Waals surface area contributed by atoms with Gasteiger partial charge in [-0.1, -0.05) is 12.1 Å². The van der Waals surface area contributed by atoms with Crippen molar-refractivity contribution in [3.05, 3.63) is 59.0 Å². The zero-order valence-electron chi connectivity index (χ0n) is 15.5. The number of carbonyl (C=O) groups excluding carboxylic acids is 1. The Labute approximate surface area is 161 Å². The van der Waals surface area contributed by atoms with Gasteiger partial charge in [0.05, 0.1) is 6.20 Å². The van der Waals surface area contributed by atoms with Crippen molar-refractivity contribution < 1.29 is 13.6 Å². The fourth-order valence-corrected chi connectivity index (χ4v) is 3.52. The number of amides is 1. The van der Waals surface area contributed by atoms with Crippen molar-refractivity contribution in [2.45, 2.75) is 32.7 Å². The molecule has 0 saturated carbocycles. The minimum Gasteiger partial charge on any atom is -0.322 e. The maximum Gasteiger partial charge on any atom is 0.280 e. The monoisotopic (exact) mass is 385 g/mol. The third-order valence-electron chi connectivity index (χ3n) is 4.91. The number of aromatic nitrogens is 3. The van der Waals surface area contributed by atoms with Gasteiger partial charge in [0.1, 0.15) is 11.3 Å². The third kappa shape index (κ3) is 3.73. The molecule has 1 aromatic carbocycles. The molecule has 0 atom stereocenters. The number of benzene rings is 1. The molecule has 1 N–H and O–H groups in total. The van der Waals surface area contributed by atoms with Crippen LogP contribution in [0.2, 0.25) is 0 Å². The molecule has 1 saturated heterocycles. The number of nitrogens with one attached hydrogen (secondary N) is 1. The zero-order chi connectivity index (χ0) is 19.7. The van der Waals surface area contributed by atoms with Crippen LogP contribution in [-0.4, -0.2) is 38.5 Å². The number of likely N-dealkylation sites (tertiary alicyclic amines) is 1. The van der Waals surface area contributed by atoms with E-state index in [2.05, 4.69) is 20.3 Å². The molecule has 1 amide bonds. The number of carbonyl (C=O) groups is 1. The third-order valence-corrected chi connectivity index (χ3v) is 4.91. The molecule has 1 aliphatic heterocycles. The first kappa shape index (κ1) is 18.5. The number of hydrogen-bond acceptors (Lipinski definition) is 4. The Kier molecular flexibility index (Phi) is 5.04. The lowest BCUT2D eigenvalue weighted by Gasteiger charge is -2.14. The van der Waals surface area contributed by atoms with E-state index in [0.717, 1.165) is 24.1 Å². The molecule has 4 rings (SSSR count). The van der Waals surface area contributed by atoms with Crippen LogP contribution in [0.15, 0.2) is 36.5 Å². The lowest BCUT2D eigenvalue weighted by atomic mass is 10.2. The van der Waals surface area contributed by atoms with E-state index < -0.39 is 12.3 Å². The SMILES string of the molecule is Cc1cc(C(F)F)n2ncc(C(=O)Nc3ccc(CN4CCCC4)cc3)c2n1. The van der Waals surface area contributed by atoms with Gasteiger partial charge in [0.25, 0.3) is 12.3 Å². The molecule has 146 valence electrons. The van der Waals surface area contributed by atoms with Crippen LogP contribution in [0.3, 0.4) is 0 Å². The highest BCUT2D eigenvalue weighted by Gasteiger charge is 2.20. The Morgan fingerprint density at radius 1 is 1.21 bits per heavy atom. The van der Waals surface area contributed by atoms with Crippen LogP contribution in [0.5, 0.6) is 0 Å². The van der Waals surface area contributed by atoms with E-state index in [4.69, 9.17) is 0 Å². The number of alkyl halides is 2. The highest BCUT2D eigenvalue weighted by atomic mass is 19.3. The van der Waals surface area contributed by atoms with E-state index in [1.54, 1.807) is 6.92 Å². The van der Waals surface area contributed by atoms with Gasteiger partial charge in [0, 0.05) is 17.9 Å². The van der Waals surface area contributed by atoms with Crippen LogP contribution in [0.1, 0.15) is 46.6 Å². The Morgan fingerprint density at radius 3 is 2.61 bits per heavy atom. The van der Waals surface area contributed by atoms with Crippen molar-refractivity contribution in [1.29, 1.82) is 0 Å². The first-order valence-electron chi connectivity index (χ1n) is 9.27. The second kappa shape index (κ2) is 7.63. The number of rotatable bonds is 5. The van der Waals surface area contributed by atoms with Crippen molar-refractivity contribution in [2.24, 2.45) is 0 Å². The van der Waals surface area contributed by atoms with E-state index in [9.17, 15) is 13.6 Å². The fraction of sp³-hybridized carbons (Fsp3) is 0.350. The smallest absolute Gasteiger partial charge is 0.280 e. The lowest BCUT2D eigenvalue weighted by molar-refractivity contribution is 0.102. The maximum atomic E-state index is 13.2. The summed E-state index contributed by atoms with van der Waals surface area (Å²) in [6.07, 6.45) is 1.05. The summed E-state index contributed by atoms with van der Waals surface area (Å²) in [6, 6.07) is 8.94. The minimum atomic E-state index is -2.71. The van der Waals surface area contributed by atoms with E-state index in [1.807, 2.05) is 24.3 Å². The molecule has 1 aliphatic rings. The van der Waals surface area contributed by atoms with Crippen LogP contribution < -0.4 is 5.32 Å². The predicted molar refractivity (Wildman–Crippen MR) is 102 cm³/mol. The topological polar surface area (TPSA) is 62.5 Å². The molecule has 0 aliphatic carbocycles. The molecule has 0 spiro atoms. The quantitative estimate of drug-likeness (QED) is 0.725. The van der Waals surface area contributed by atoms with Crippen LogP contribution in [-0.2, 0) is 6.54 Å². The molecular formula is C20H21F2N5O. The summed E-state index contributed by atoms with van der Waals surface area (Å²) in [4.78, 5) is 19.3. The number of aryl methyl sites for hydroxylation is 1.